The minimum absolute atomic E-state index is 0.108. The fourth-order valence-corrected chi connectivity index (χ4v) is 1.32. The summed E-state index contributed by atoms with van der Waals surface area (Å²) in [6, 6.07) is 0. The number of aliphatic hydroxyl groups is 1. The van der Waals surface area contributed by atoms with Gasteiger partial charge in [-0.15, -0.1) is 0 Å². The molecule has 0 heterocycles. The Balaban J connectivity index is 2.61. The maximum Gasteiger partial charge on any atom is 0.113 e. The van der Waals surface area contributed by atoms with Crippen LogP contribution >= 0.6 is 0 Å². The van der Waals surface area contributed by atoms with Crippen LogP contribution in [0, 0.1) is 0 Å². The summed E-state index contributed by atoms with van der Waals surface area (Å²) < 4.78 is 10.2. The van der Waals surface area contributed by atoms with E-state index in [1.807, 2.05) is 12.2 Å². The molecule has 1 rings (SSSR count). The van der Waals surface area contributed by atoms with E-state index in [9.17, 15) is 5.11 Å². The van der Waals surface area contributed by atoms with Gasteiger partial charge < -0.3 is 14.6 Å². The standard InChI is InChI=1S/C8H14O3/c1-10-7-5-3-4-6(9)8(7)11-2/h3,5-9H,4H2,1-2H3/t6-,7-,8+/m1/s1. The Hall–Kier alpha value is -0.380. The topological polar surface area (TPSA) is 38.7 Å². The molecule has 1 N–H and O–H groups in total. The predicted molar refractivity (Wildman–Crippen MR) is 41.4 cm³/mol. The van der Waals surface area contributed by atoms with Gasteiger partial charge in [-0.05, 0) is 6.42 Å². The lowest BCUT2D eigenvalue weighted by molar-refractivity contribution is -0.0817. The van der Waals surface area contributed by atoms with Crippen molar-refractivity contribution >= 4 is 0 Å². The molecule has 3 nitrogen and oxygen atoms in total. The molecule has 1 aliphatic carbocycles. The Bertz CT molecular complexity index is 144. The van der Waals surface area contributed by atoms with Gasteiger partial charge in [0.15, 0.2) is 0 Å². The molecule has 0 radical (unpaired) electrons. The van der Waals surface area contributed by atoms with E-state index in [1.165, 1.54) is 0 Å². The number of hydrogen-bond acceptors (Lipinski definition) is 3. The van der Waals surface area contributed by atoms with Gasteiger partial charge in [0.05, 0.1) is 6.10 Å². The van der Waals surface area contributed by atoms with E-state index >= 15 is 0 Å². The van der Waals surface area contributed by atoms with Gasteiger partial charge in [-0.3, -0.25) is 0 Å². The molecule has 1 aliphatic rings. The van der Waals surface area contributed by atoms with Gasteiger partial charge in [0.25, 0.3) is 0 Å². The Labute approximate surface area is 66.6 Å². The van der Waals surface area contributed by atoms with Gasteiger partial charge >= 0.3 is 0 Å². The van der Waals surface area contributed by atoms with Crippen molar-refractivity contribution in [3.05, 3.63) is 12.2 Å². The summed E-state index contributed by atoms with van der Waals surface area (Å²) in [4.78, 5) is 0. The Morgan fingerprint density at radius 2 is 2.09 bits per heavy atom. The number of methoxy groups -OCH3 is 2. The van der Waals surface area contributed by atoms with Crippen LogP contribution in [0.15, 0.2) is 12.2 Å². The van der Waals surface area contributed by atoms with Crippen LogP contribution in [-0.4, -0.2) is 37.6 Å². The summed E-state index contributed by atoms with van der Waals surface area (Å²) in [6.45, 7) is 0. The van der Waals surface area contributed by atoms with Crippen LogP contribution in [0.1, 0.15) is 6.42 Å². The van der Waals surface area contributed by atoms with Crippen LogP contribution in [0.4, 0.5) is 0 Å². The molecule has 0 spiro atoms. The lowest BCUT2D eigenvalue weighted by Crippen LogP contribution is -2.41. The van der Waals surface area contributed by atoms with Crippen LogP contribution in [0.5, 0.6) is 0 Å². The highest BCUT2D eigenvalue weighted by Gasteiger charge is 2.28. The van der Waals surface area contributed by atoms with E-state index < -0.39 is 6.10 Å². The molecule has 0 aromatic rings. The van der Waals surface area contributed by atoms with Crippen LogP contribution in [0.3, 0.4) is 0 Å². The maximum absolute atomic E-state index is 9.41. The third-order valence-electron chi connectivity index (χ3n) is 1.95. The smallest absolute Gasteiger partial charge is 0.113 e. The lowest BCUT2D eigenvalue weighted by atomic mass is 9.99. The second-order valence-electron chi connectivity index (χ2n) is 2.63. The van der Waals surface area contributed by atoms with Crippen molar-refractivity contribution in [1.29, 1.82) is 0 Å². The van der Waals surface area contributed by atoms with E-state index in [0.29, 0.717) is 6.42 Å². The minimum atomic E-state index is -0.435. The molecule has 0 saturated heterocycles. The Kier molecular flexibility index (Phi) is 3.05. The highest BCUT2D eigenvalue weighted by Crippen LogP contribution is 2.17. The molecule has 11 heavy (non-hydrogen) atoms. The van der Waals surface area contributed by atoms with Gasteiger partial charge in [0.2, 0.25) is 0 Å². The fourth-order valence-electron chi connectivity index (χ4n) is 1.32. The number of rotatable bonds is 2. The average molecular weight is 158 g/mol. The lowest BCUT2D eigenvalue weighted by Gasteiger charge is -2.29. The zero-order chi connectivity index (χ0) is 8.27. The van der Waals surface area contributed by atoms with Gasteiger partial charge in [0.1, 0.15) is 12.2 Å². The van der Waals surface area contributed by atoms with Gasteiger partial charge in [-0.2, -0.15) is 0 Å². The van der Waals surface area contributed by atoms with Crippen molar-refractivity contribution in [3.63, 3.8) is 0 Å². The molecule has 0 bridgehead atoms. The van der Waals surface area contributed by atoms with Crippen LogP contribution in [0.2, 0.25) is 0 Å². The van der Waals surface area contributed by atoms with Crippen molar-refractivity contribution in [2.24, 2.45) is 0 Å². The highest BCUT2D eigenvalue weighted by atomic mass is 16.5. The van der Waals surface area contributed by atoms with E-state index in [4.69, 9.17) is 9.47 Å². The predicted octanol–water partition coefficient (Wildman–Crippen LogP) is 0.337. The zero-order valence-corrected chi connectivity index (χ0v) is 6.86. The molecule has 3 atom stereocenters. The first-order chi connectivity index (χ1) is 5.29. The fraction of sp³-hybridized carbons (Fsp3) is 0.750. The summed E-state index contributed by atoms with van der Waals surface area (Å²) >= 11 is 0. The van der Waals surface area contributed by atoms with Crippen molar-refractivity contribution in [2.45, 2.75) is 24.7 Å². The first kappa shape index (κ1) is 8.71. The average Bonchev–Trinajstić information content (AvgIpc) is 2.04. The molecule has 0 aliphatic heterocycles. The maximum atomic E-state index is 9.41. The molecule has 0 aromatic heterocycles. The molecule has 3 heteroatoms. The Morgan fingerprint density at radius 1 is 1.36 bits per heavy atom. The summed E-state index contributed by atoms with van der Waals surface area (Å²) in [5.41, 5.74) is 0. The summed E-state index contributed by atoms with van der Waals surface area (Å²) in [7, 11) is 3.19. The molecule has 0 fully saturated rings. The van der Waals surface area contributed by atoms with E-state index in [1.54, 1.807) is 14.2 Å². The first-order valence-electron chi connectivity index (χ1n) is 3.70. The minimum Gasteiger partial charge on any atom is -0.390 e. The second kappa shape index (κ2) is 3.85. The van der Waals surface area contributed by atoms with Crippen LogP contribution < -0.4 is 0 Å². The monoisotopic (exact) mass is 158 g/mol. The molecule has 0 unspecified atom stereocenters. The van der Waals surface area contributed by atoms with Crippen LogP contribution in [0.25, 0.3) is 0 Å². The van der Waals surface area contributed by atoms with Gasteiger partial charge in [0, 0.05) is 14.2 Å². The van der Waals surface area contributed by atoms with E-state index in [2.05, 4.69) is 0 Å². The molecular formula is C8H14O3. The molecule has 0 amide bonds. The Morgan fingerprint density at radius 3 is 2.55 bits per heavy atom. The SMILES string of the molecule is CO[C@H]1[C@H](O)CC=C[C@H]1OC. The molecule has 0 saturated carbocycles. The van der Waals surface area contributed by atoms with Crippen molar-refractivity contribution in [3.8, 4) is 0 Å². The third kappa shape index (κ3) is 1.80. The van der Waals surface area contributed by atoms with Crippen molar-refractivity contribution < 1.29 is 14.6 Å². The largest absolute Gasteiger partial charge is 0.390 e. The van der Waals surface area contributed by atoms with Crippen molar-refractivity contribution in [2.75, 3.05) is 14.2 Å². The first-order valence-corrected chi connectivity index (χ1v) is 3.70. The number of aliphatic hydroxyl groups excluding tert-OH is 1. The zero-order valence-electron chi connectivity index (χ0n) is 6.86. The van der Waals surface area contributed by atoms with Crippen LogP contribution in [-0.2, 0) is 9.47 Å². The molecule has 64 valence electrons. The quantitative estimate of drug-likeness (QED) is 0.589. The van der Waals surface area contributed by atoms with Gasteiger partial charge in [-0.25, -0.2) is 0 Å². The van der Waals surface area contributed by atoms with Gasteiger partial charge in [-0.1, -0.05) is 12.2 Å². The third-order valence-corrected chi connectivity index (χ3v) is 1.95. The second-order valence-corrected chi connectivity index (χ2v) is 2.63. The summed E-state index contributed by atoms with van der Waals surface area (Å²) in [6.07, 6.45) is 3.72. The van der Waals surface area contributed by atoms with E-state index in [0.717, 1.165) is 0 Å². The normalized spacial score (nSPS) is 37.5. The van der Waals surface area contributed by atoms with E-state index in [-0.39, 0.29) is 12.2 Å². The van der Waals surface area contributed by atoms with Crippen molar-refractivity contribution in [1.82, 2.24) is 0 Å². The number of ether oxygens (including phenoxy) is 2. The summed E-state index contributed by atoms with van der Waals surface area (Å²) in [5.74, 6) is 0. The highest BCUT2D eigenvalue weighted by molar-refractivity contribution is 5.03. The molecular weight excluding hydrogens is 144 g/mol. The molecule has 0 aromatic carbocycles. The number of hydrogen-bond donors (Lipinski definition) is 1. The summed E-state index contributed by atoms with van der Waals surface area (Å²) in [5, 5.41) is 9.41.